The minimum atomic E-state index is 0.353. The fourth-order valence-corrected chi connectivity index (χ4v) is 3.35. The zero-order valence-corrected chi connectivity index (χ0v) is 12.3. The molecule has 4 heteroatoms. The van der Waals surface area contributed by atoms with Crippen molar-refractivity contribution in [1.29, 1.82) is 0 Å². The van der Waals surface area contributed by atoms with Crippen LogP contribution < -0.4 is 5.32 Å². The molecule has 0 aliphatic carbocycles. The molecular weight excluding hydrogens is 250 g/mol. The van der Waals surface area contributed by atoms with Gasteiger partial charge in [0.1, 0.15) is 5.75 Å². The molecule has 0 radical (unpaired) electrons. The van der Waals surface area contributed by atoms with E-state index in [0.717, 1.165) is 38.6 Å². The third kappa shape index (κ3) is 2.82. The van der Waals surface area contributed by atoms with Gasteiger partial charge in [0.25, 0.3) is 0 Å². The molecule has 1 atom stereocenters. The van der Waals surface area contributed by atoms with Crippen molar-refractivity contribution in [3.8, 4) is 5.75 Å². The molecule has 4 nitrogen and oxygen atoms in total. The van der Waals surface area contributed by atoms with E-state index in [9.17, 15) is 5.11 Å². The van der Waals surface area contributed by atoms with Gasteiger partial charge in [-0.1, -0.05) is 19.1 Å². The summed E-state index contributed by atoms with van der Waals surface area (Å²) in [6.07, 6.45) is 1.12. The van der Waals surface area contributed by atoms with Crippen LogP contribution in [0.15, 0.2) is 24.3 Å². The predicted molar refractivity (Wildman–Crippen MR) is 80.9 cm³/mol. The molecule has 3 rings (SSSR count). The standard InChI is InChI=1S/C16H25N3O/c1-2-16(13-3-5-15(20)6-4-13)19-9-7-18(8-10-19)14-11-17-12-14/h3-6,14,16-17,20H,2,7-12H2,1H3. The van der Waals surface area contributed by atoms with E-state index in [-0.39, 0.29) is 0 Å². The van der Waals surface area contributed by atoms with Gasteiger partial charge in [-0.3, -0.25) is 9.80 Å². The summed E-state index contributed by atoms with van der Waals surface area (Å²) in [5.41, 5.74) is 1.32. The second-order valence-corrected chi connectivity index (χ2v) is 5.90. The van der Waals surface area contributed by atoms with Gasteiger partial charge in [-0.25, -0.2) is 0 Å². The van der Waals surface area contributed by atoms with Crippen LogP contribution in [0.5, 0.6) is 5.75 Å². The Morgan fingerprint density at radius 3 is 2.30 bits per heavy atom. The first-order valence-electron chi connectivity index (χ1n) is 7.75. The molecule has 0 amide bonds. The normalized spacial score (nSPS) is 23.4. The van der Waals surface area contributed by atoms with Crippen LogP contribution in [0.25, 0.3) is 0 Å². The highest BCUT2D eigenvalue weighted by molar-refractivity contribution is 5.28. The maximum Gasteiger partial charge on any atom is 0.115 e. The molecule has 0 bridgehead atoms. The van der Waals surface area contributed by atoms with Gasteiger partial charge in [-0.2, -0.15) is 0 Å². The van der Waals surface area contributed by atoms with E-state index >= 15 is 0 Å². The molecule has 110 valence electrons. The van der Waals surface area contributed by atoms with Crippen molar-refractivity contribution >= 4 is 0 Å². The van der Waals surface area contributed by atoms with Crippen molar-refractivity contribution in [1.82, 2.24) is 15.1 Å². The van der Waals surface area contributed by atoms with Crippen LogP contribution in [0, 0.1) is 0 Å². The van der Waals surface area contributed by atoms with E-state index in [4.69, 9.17) is 0 Å². The number of aromatic hydroxyl groups is 1. The average molecular weight is 275 g/mol. The van der Waals surface area contributed by atoms with Gasteiger partial charge < -0.3 is 10.4 Å². The lowest BCUT2D eigenvalue weighted by Gasteiger charge is -2.45. The number of benzene rings is 1. The SMILES string of the molecule is CCC(c1ccc(O)cc1)N1CCN(C2CNC2)CC1. The highest BCUT2D eigenvalue weighted by Crippen LogP contribution is 2.27. The second-order valence-electron chi connectivity index (χ2n) is 5.90. The number of phenolic OH excluding ortho intramolecular Hbond substituents is 1. The quantitative estimate of drug-likeness (QED) is 0.872. The monoisotopic (exact) mass is 275 g/mol. The van der Waals surface area contributed by atoms with Crippen molar-refractivity contribution in [2.45, 2.75) is 25.4 Å². The van der Waals surface area contributed by atoms with E-state index in [2.05, 4.69) is 34.2 Å². The summed E-state index contributed by atoms with van der Waals surface area (Å²) in [4.78, 5) is 5.21. The van der Waals surface area contributed by atoms with Gasteiger partial charge in [-0.05, 0) is 24.1 Å². The number of piperazine rings is 1. The summed E-state index contributed by atoms with van der Waals surface area (Å²) in [7, 11) is 0. The summed E-state index contributed by atoms with van der Waals surface area (Å²) in [6.45, 7) is 9.23. The van der Waals surface area contributed by atoms with Gasteiger partial charge >= 0.3 is 0 Å². The van der Waals surface area contributed by atoms with Gasteiger partial charge in [0.05, 0.1) is 0 Å². The number of nitrogens with one attached hydrogen (secondary N) is 1. The van der Waals surface area contributed by atoms with Crippen molar-refractivity contribution in [2.75, 3.05) is 39.3 Å². The van der Waals surface area contributed by atoms with Crippen molar-refractivity contribution < 1.29 is 5.11 Å². The fourth-order valence-electron chi connectivity index (χ4n) is 3.35. The van der Waals surface area contributed by atoms with Gasteiger partial charge in [0, 0.05) is 51.4 Å². The number of rotatable bonds is 4. The van der Waals surface area contributed by atoms with Crippen LogP contribution in [0.1, 0.15) is 24.9 Å². The van der Waals surface area contributed by atoms with Gasteiger partial charge in [0.2, 0.25) is 0 Å². The first kappa shape index (κ1) is 13.9. The zero-order valence-electron chi connectivity index (χ0n) is 12.3. The third-order valence-corrected chi connectivity index (χ3v) is 4.73. The first-order valence-corrected chi connectivity index (χ1v) is 7.75. The van der Waals surface area contributed by atoms with Gasteiger partial charge in [0.15, 0.2) is 0 Å². The van der Waals surface area contributed by atoms with Crippen molar-refractivity contribution in [2.24, 2.45) is 0 Å². The molecule has 1 aromatic carbocycles. The summed E-state index contributed by atoms with van der Waals surface area (Å²) in [5.74, 6) is 0.353. The van der Waals surface area contributed by atoms with Crippen LogP contribution >= 0.6 is 0 Å². The van der Waals surface area contributed by atoms with Crippen LogP contribution in [-0.2, 0) is 0 Å². The van der Waals surface area contributed by atoms with E-state index in [1.54, 1.807) is 12.1 Å². The Bertz CT molecular complexity index is 422. The molecule has 0 saturated carbocycles. The minimum absolute atomic E-state index is 0.353. The molecule has 0 aromatic heterocycles. The molecule has 2 aliphatic heterocycles. The van der Waals surface area contributed by atoms with Crippen molar-refractivity contribution in [3.63, 3.8) is 0 Å². The van der Waals surface area contributed by atoms with E-state index < -0.39 is 0 Å². The molecule has 0 spiro atoms. The lowest BCUT2D eigenvalue weighted by Crippen LogP contribution is -2.61. The Kier molecular flexibility index (Phi) is 4.24. The fraction of sp³-hybridized carbons (Fsp3) is 0.625. The molecule has 2 N–H and O–H groups in total. The largest absolute Gasteiger partial charge is 0.508 e. The maximum absolute atomic E-state index is 9.42. The molecule has 2 fully saturated rings. The Hall–Kier alpha value is -1.10. The molecular formula is C16H25N3O. The van der Waals surface area contributed by atoms with Crippen LogP contribution in [0.2, 0.25) is 0 Å². The third-order valence-electron chi connectivity index (χ3n) is 4.73. The summed E-state index contributed by atoms with van der Waals surface area (Å²) >= 11 is 0. The zero-order chi connectivity index (χ0) is 13.9. The smallest absolute Gasteiger partial charge is 0.115 e. The first-order chi connectivity index (χ1) is 9.78. The molecule has 2 heterocycles. The maximum atomic E-state index is 9.42. The van der Waals surface area contributed by atoms with E-state index in [0.29, 0.717) is 11.8 Å². The topological polar surface area (TPSA) is 38.7 Å². The second kappa shape index (κ2) is 6.12. The Balaban J connectivity index is 1.61. The minimum Gasteiger partial charge on any atom is -0.508 e. The Morgan fingerprint density at radius 1 is 1.15 bits per heavy atom. The number of nitrogens with zero attached hydrogens (tertiary/aromatic N) is 2. The van der Waals surface area contributed by atoms with Crippen LogP contribution in [-0.4, -0.2) is 60.2 Å². The Morgan fingerprint density at radius 2 is 1.80 bits per heavy atom. The molecule has 2 saturated heterocycles. The molecule has 1 aromatic rings. The van der Waals surface area contributed by atoms with Crippen LogP contribution in [0.3, 0.4) is 0 Å². The lowest BCUT2D eigenvalue weighted by molar-refractivity contribution is 0.0502. The summed E-state index contributed by atoms with van der Waals surface area (Å²) < 4.78 is 0. The lowest BCUT2D eigenvalue weighted by atomic mass is 10.0. The van der Waals surface area contributed by atoms with E-state index in [1.165, 1.54) is 18.7 Å². The number of hydrogen-bond acceptors (Lipinski definition) is 4. The highest BCUT2D eigenvalue weighted by Gasteiger charge is 2.30. The number of phenols is 1. The highest BCUT2D eigenvalue weighted by atomic mass is 16.3. The molecule has 1 unspecified atom stereocenters. The molecule has 20 heavy (non-hydrogen) atoms. The molecule has 2 aliphatic rings. The average Bonchev–Trinajstić information content (AvgIpc) is 2.42. The van der Waals surface area contributed by atoms with Crippen molar-refractivity contribution in [3.05, 3.63) is 29.8 Å². The summed E-state index contributed by atoms with van der Waals surface area (Å²) in [5, 5.41) is 12.8. The van der Waals surface area contributed by atoms with Crippen LogP contribution in [0.4, 0.5) is 0 Å². The predicted octanol–water partition coefficient (Wildman–Crippen LogP) is 1.43. The number of hydrogen-bond donors (Lipinski definition) is 2. The van der Waals surface area contributed by atoms with E-state index in [1.807, 2.05) is 0 Å². The van der Waals surface area contributed by atoms with Gasteiger partial charge in [-0.15, -0.1) is 0 Å². The Labute approximate surface area is 121 Å². The summed E-state index contributed by atoms with van der Waals surface area (Å²) in [6, 6.07) is 8.98.